The Hall–Kier alpha value is -3.96. The second-order valence-corrected chi connectivity index (χ2v) is 13.6. The van der Waals surface area contributed by atoms with Crippen LogP contribution in [-0.4, -0.2) is 73.8 Å². The van der Waals surface area contributed by atoms with Crippen LogP contribution >= 0.6 is 15.9 Å². The van der Waals surface area contributed by atoms with E-state index in [0.717, 1.165) is 31.8 Å². The molecule has 2 heterocycles. The predicted octanol–water partition coefficient (Wildman–Crippen LogP) is 5.39. The van der Waals surface area contributed by atoms with E-state index >= 15 is 0 Å². The number of carbonyl (C=O) groups is 4. The number of halogens is 1. The lowest BCUT2D eigenvalue weighted by Gasteiger charge is -2.37. The van der Waals surface area contributed by atoms with Crippen LogP contribution in [0.25, 0.3) is 10.9 Å². The quantitative estimate of drug-likeness (QED) is 0.220. The lowest BCUT2D eigenvalue weighted by atomic mass is 9.94. The molecule has 2 aromatic carbocycles. The third kappa shape index (κ3) is 8.50. The van der Waals surface area contributed by atoms with E-state index in [1.165, 1.54) is 19.1 Å². The topological polar surface area (TPSA) is 143 Å². The van der Waals surface area contributed by atoms with Gasteiger partial charge in [0, 0.05) is 31.6 Å². The molecular formula is C36H45BrN4O6. The summed E-state index contributed by atoms with van der Waals surface area (Å²) < 4.78 is 9.03. The number of aromatic amines is 1. The summed E-state index contributed by atoms with van der Waals surface area (Å²) in [5.41, 5.74) is 3.03. The molecule has 1 unspecified atom stereocenters. The number of para-hydroxylation sites is 1. The second-order valence-electron chi connectivity index (χ2n) is 12.8. The number of allylic oxidation sites excluding steroid dienone is 2. The molecule has 10 nitrogen and oxygen atoms in total. The van der Waals surface area contributed by atoms with Gasteiger partial charge in [-0.25, -0.2) is 0 Å². The van der Waals surface area contributed by atoms with Crippen LogP contribution in [0.5, 0.6) is 5.75 Å². The lowest BCUT2D eigenvalue weighted by Crippen LogP contribution is -2.59. The molecule has 3 aromatic rings. The molecule has 47 heavy (non-hydrogen) atoms. The van der Waals surface area contributed by atoms with Gasteiger partial charge in [-0.05, 0) is 84.8 Å². The molecule has 1 saturated heterocycles. The maximum atomic E-state index is 14.2. The zero-order valence-electron chi connectivity index (χ0n) is 28.5. The van der Waals surface area contributed by atoms with Crippen molar-refractivity contribution in [1.29, 1.82) is 0 Å². The number of benzene rings is 2. The number of likely N-dealkylation sites (N-methyl/N-ethyl adjacent to an activating group) is 1. The molecule has 4 amide bonds. The smallest absolute Gasteiger partial charge is 0.246 e. The highest BCUT2D eigenvalue weighted by Crippen LogP contribution is 2.30. The number of aromatic nitrogens is 1. The van der Waals surface area contributed by atoms with Crippen molar-refractivity contribution >= 4 is 50.5 Å². The fraction of sp³-hybridized carbons (Fsp3) is 0.444. The Kier molecular flexibility index (Phi) is 11.2. The van der Waals surface area contributed by atoms with Crippen molar-refractivity contribution in [3.05, 3.63) is 75.9 Å². The fourth-order valence-corrected chi connectivity index (χ4v) is 6.99. The first kappa shape index (κ1) is 34.4. The number of carbonyl (C=O) groups excluding carboxylic acids is 4. The number of phenolic OH excluding ortho intramolecular Hbond substituents is 1. The van der Waals surface area contributed by atoms with Gasteiger partial charge in [-0.2, -0.15) is 0 Å². The van der Waals surface area contributed by atoms with Gasteiger partial charge in [-0.3, -0.25) is 24.1 Å². The highest BCUT2D eigenvalue weighted by Gasteiger charge is 2.41. The summed E-state index contributed by atoms with van der Waals surface area (Å²) in [6, 6.07) is 10.3. The van der Waals surface area contributed by atoms with E-state index in [1.54, 1.807) is 26.0 Å². The molecule has 0 spiro atoms. The molecule has 0 saturated carbocycles. The van der Waals surface area contributed by atoms with Crippen LogP contribution in [0, 0.1) is 11.8 Å². The number of H-pyrrole nitrogens is 1. The van der Waals surface area contributed by atoms with Gasteiger partial charge in [0.25, 0.3) is 0 Å². The van der Waals surface area contributed by atoms with E-state index in [-0.39, 0.29) is 24.5 Å². The van der Waals surface area contributed by atoms with E-state index in [4.69, 9.17) is 1.37 Å². The average molecular weight is 711 g/mol. The number of imide groups is 1. The monoisotopic (exact) mass is 709 g/mol. The number of nitrogens with zero attached hydrogens (tertiary/aromatic N) is 2. The van der Waals surface area contributed by atoms with Crippen LogP contribution in [0.2, 0.25) is 0 Å². The summed E-state index contributed by atoms with van der Waals surface area (Å²) in [5.74, 6) is -2.98. The minimum atomic E-state index is -1.28. The second kappa shape index (κ2) is 15.3. The van der Waals surface area contributed by atoms with Gasteiger partial charge in [-0.1, -0.05) is 55.8 Å². The zero-order chi connectivity index (χ0) is 35.3. The molecule has 1 fully saturated rings. The average Bonchev–Trinajstić information content (AvgIpc) is 3.34. The summed E-state index contributed by atoms with van der Waals surface area (Å²) in [5, 5.41) is 23.5. The molecule has 0 bridgehead atoms. The summed E-state index contributed by atoms with van der Waals surface area (Å²) >= 11 is 3.57. The Morgan fingerprint density at radius 3 is 2.47 bits per heavy atom. The Morgan fingerprint density at radius 1 is 1.13 bits per heavy atom. The first-order valence-corrected chi connectivity index (χ1v) is 16.7. The maximum Gasteiger partial charge on any atom is 0.246 e. The Labute approximate surface area is 285 Å². The molecule has 0 radical (unpaired) electrons. The summed E-state index contributed by atoms with van der Waals surface area (Å²) in [7, 11) is -0.583. The highest BCUT2D eigenvalue weighted by molar-refractivity contribution is 9.10. The molecule has 11 heteroatoms. The van der Waals surface area contributed by atoms with E-state index in [0.29, 0.717) is 23.0 Å². The third-order valence-electron chi connectivity index (χ3n) is 8.69. The van der Waals surface area contributed by atoms with Crippen molar-refractivity contribution < 1.29 is 30.8 Å². The molecule has 1 aromatic heterocycles. The number of amides is 4. The van der Waals surface area contributed by atoms with Crippen molar-refractivity contribution in [3.8, 4) is 5.75 Å². The standard InChI is InChI=1S/C36H45BrN4O6/c1-20(15-21(2)17-23(4)42)16-22(3)35(46)41-24(5)36(47)40(6)31(18-28-27-9-7-8-10-29(27)38-33(28)37)34(45)39-30(19-32(41)44)25-11-13-26(43)14-12-25/h7-15,21-24,30-31,38,42-43H,16-19H2,1-6H3,(H,39,45)/b20-15+/t21-,22?,23-,24-,30+,31-/m0/s1/i6D. The molecule has 1 aliphatic rings. The number of phenols is 1. The predicted molar refractivity (Wildman–Crippen MR) is 184 cm³/mol. The largest absolute Gasteiger partial charge is 0.508 e. The van der Waals surface area contributed by atoms with Crippen molar-refractivity contribution in [3.63, 3.8) is 0 Å². The van der Waals surface area contributed by atoms with Crippen molar-refractivity contribution in [1.82, 2.24) is 20.1 Å². The zero-order valence-corrected chi connectivity index (χ0v) is 29.1. The molecule has 1 aliphatic heterocycles. The molecule has 6 atom stereocenters. The first-order chi connectivity index (χ1) is 22.7. The summed E-state index contributed by atoms with van der Waals surface area (Å²) in [4.78, 5) is 61.8. The van der Waals surface area contributed by atoms with Crippen LogP contribution in [-0.2, 0) is 25.6 Å². The molecule has 4 N–H and O–H groups in total. The molecule has 4 rings (SSSR count). The number of fused-ring (bicyclic) bond motifs is 1. The normalized spacial score (nSPS) is 22.1. The SMILES string of the molecule is [2H]CN1C(=O)[C@H](C)N(C(=O)C(C)C/C(C)=C/[C@H](C)C[C@H](C)O)C(=O)C[C@H](c2ccc(O)cc2)NC(=O)[C@@H]1Cc1c(Br)[nH]c2ccccc12. The van der Waals surface area contributed by atoms with Gasteiger partial charge < -0.3 is 25.4 Å². The van der Waals surface area contributed by atoms with Gasteiger partial charge in [0.15, 0.2) is 0 Å². The van der Waals surface area contributed by atoms with Crippen molar-refractivity contribution in [2.24, 2.45) is 11.8 Å². The van der Waals surface area contributed by atoms with Crippen molar-refractivity contribution in [2.45, 2.75) is 84.5 Å². The fourth-order valence-electron chi connectivity index (χ4n) is 6.41. The number of aromatic hydroxyl groups is 1. The van der Waals surface area contributed by atoms with Crippen LogP contribution in [0.15, 0.2) is 64.8 Å². The molecular weight excluding hydrogens is 664 g/mol. The highest BCUT2D eigenvalue weighted by atomic mass is 79.9. The number of aliphatic hydroxyl groups is 1. The minimum absolute atomic E-state index is 0.00903. The van der Waals surface area contributed by atoms with Gasteiger partial charge in [0.2, 0.25) is 23.6 Å². The first-order valence-electron chi connectivity index (χ1n) is 16.6. The van der Waals surface area contributed by atoms with E-state index in [2.05, 4.69) is 26.2 Å². The Balaban J connectivity index is 1.74. The molecule has 0 aliphatic carbocycles. The Morgan fingerprint density at radius 2 is 1.81 bits per heavy atom. The number of nitrogens with one attached hydrogen (secondary N) is 2. The van der Waals surface area contributed by atoms with E-state index in [1.807, 2.05) is 44.2 Å². The third-order valence-corrected chi connectivity index (χ3v) is 9.37. The van der Waals surface area contributed by atoms with Crippen LogP contribution in [0.1, 0.15) is 72.4 Å². The number of rotatable bonds is 9. The minimum Gasteiger partial charge on any atom is -0.508 e. The van der Waals surface area contributed by atoms with Gasteiger partial charge >= 0.3 is 0 Å². The number of hydrogen-bond acceptors (Lipinski definition) is 6. The van der Waals surface area contributed by atoms with Gasteiger partial charge in [-0.15, -0.1) is 0 Å². The van der Waals surface area contributed by atoms with E-state index in [9.17, 15) is 29.4 Å². The maximum absolute atomic E-state index is 14.2. The summed E-state index contributed by atoms with van der Waals surface area (Å²) in [6.07, 6.45) is 2.19. The van der Waals surface area contributed by atoms with E-state index < -0.39 is 60.8 Å². The van der Waals surface area contributed by atoms with Crippen molar-refractivity contribution in [2.75, 3.05) is 7.02 Å². The summed E-state index contributed by atoms with van der Waals surface area (Å²) in [6.45, 7) is 8.78. The molecule has 252 valence electrons. The van der Waals surface area contributed by atoms with Crippen LogP contribution in [0.4, 0.5) is 0 Å². The number of aliphatic hydroxyl groups excluding tert-OH is 1. The van der Waals surface area contributed by atoms with Crippen LogP contribution < -0.4 is 5.32 Å². The van der Waals surface area contributed by atoms with Gasteiger partial charge in [0.05, 0.1) is 23.2 Å². The lowest BCUT2D eigenvalue weighted by molar-refractivity contribution is -0.158. The Bertz CT molecular complexity index is 1670. The van der Waals surface area contributed by atoms with Crippen LogP contribution in [0.3, 0.4) is 0 Å². The number of hydrogen-bond donors (Lipinski definition) is 4. The van der Waals surface area contributed by atoms with Gasteiger partial charge in [0.1, 0.15) is 17.8 Å².